The minimum atomic E-state index is -0.145. The summed E-state index contributed by atoms with van der Waals surface area (Å²) in [4.78, 5) is 14.0. The number of carbonyl (C=O) groups excluding carboxylic acids is 1. The van der Waals surface area contributed by atoms with Crippen LogP contribution in [0.1, 0.15) is 58.8 Å². The van der Waals surface area contributed by atoms with E-state index in [2.05, 4.69) is 24.1 Å². The molecule has 5 aliphatic rings. The van der Waals surface area contributed by atoms with E-state index in [0.29, 0.717) is 6.04 Å². The molecule has 3 N–H and O–H groups in total. The molecule has 0 aromatic heterocycles. The molecule has 23 heavy (non-hydrogen) atoms. The summed E-state index contributed by atoms with van der Waals surface area (Å²) in [6.07, 6.45) is 9.36. The summed E-state index contributed by atoms with van der Waals surface area (Å²) in [5, 5.41) is 4.03. The first-order valence-corrected chi connectivity index (χ1v) is 9.72. The minimum absolute atomic E-state index is 0.0467. The van der Waals surface area contributed by atoms with Crippen molar-refractivity contribution in [3.63, 3.8) is 0 Å². The average molecular weight is 319 g/mol. The maximum Gasteiger partial charge on any atom is 0.234 e. The number of rotatable bonds is 5. The van der Waals surface area contributed by atoms with Crippen molar-refractivity contribution in [1.29, 1.82) is 0 Å². The van der Waals surface area contributed by atoms with Gasteiger partial charge in [0.05, 0.1) is 6.04 Å². The third-order valence-corrected chi connectivity index (χ3v) is 7.07. The fourth-order valence-corrected chi connectivity index (χ4v) is 6.50. The summed E-state index contributed by atoms with van der Waals surface area (Å²) in [7, 11) is 0. The van der Waals surface area contributed by atoms with Crippen molar-refractivity contribution in [2.75, 3.05) is 13.1 Å². The predicted octanol–water partition coefficient (Wildman–Crippen LogP) is 2.13. The van der Waals surface area contributed by atoms with Crippen LogP contribution in [0.15, 0.2) is 0 Å². The number of primary amides is 1. The first-order chi connectivity index (χ1) is 10.9. The Kier molecular flexibility index (Phi) is 3.96. The van der Waals surface area contributed by atoms with Crippen molar-refractivity contribution in [2.45, 2.75) is 76.4 Å². The van der Waals surface area contributed by atoms with Gasteiger partial charge in [-0.15, -0.1) is 0 Å². The molecule has 4 saturated carbocycles. The second kappa shape index (κ2) is 5.73. The summed E-state index contributed by atoms with van der Waals surface area (Å²) in [5.74, 6) is 3.70. The molecule has 130 valence electrons. The van der Waals surface area contributed by atoms with E-state index in [4.69, 9.17) is 5.73 Å². The van der Waals surface area contributed by atoms with Gasteiger partial charge in [0.2, 0.25) is 5.91 Å². The van der Waals surface area contributed by atoms with Gasteiger partial charge in [-0.1, -0.05) is 0 Å². The van der Waals surface area contributed by atoms with Crippen molar-refractivity contribution in [2.24, 2.45) is 29.4 Å². The van der Waals surface area contributed by atoms with E-state index >= 15 is 0 Å². The Hall–Kier alpha value is -0.610. The number of likely N-dealkylation sites (tertiary alicyclic amines) is 1. The Morgan fingerprint density at radius 2 is 1.74 bits per heavy atom. The number of hydrogen-bond acceptors (Lipinski definition) is 3. The fourth-order valence-electron chi connectivity index (χ4n) is 6.50. The third-order valence-electron chi connectivity index (χ3n) is 7.07. The fraction of sp³-hybridized carbons (Fsp3) is 0.947. The number of carbonyl (C=O) groups is 1. The second-order valence-corrected chi connectivity index (χ2v) is 9.52. The lowest BCUT2D eigenvalue weighted by molar-refractivity contribution is -0.122. The average Bonchev–Trinajstić information content (AvgIpc) is 2.89. The summed E-state index contributed by atoms with van der Waals surface area (Å²) >= 11 is 0. The lowest BCUT2D eigenvalue weighted by Gasteiger charge is -2.56. The largest absolute Gasteiger partial charge is 0.368 e. The molecule has 1 saturated heterocycles. The highest BCUT2D eigenvalue weighted by Crippen LogP contribution is 2.54. The SMILES string of the molecule is CC(C)(CN1CCC[C@@H]1C(N)=O)NC1C2CC3CC(C2)CC1C3. The zero-order valence-electron chi connectivity index (χ0n) is 14.8. The van der Waals surface area contributed by atoms with Gasteiger partial charge in [-0.25, -0.2) is 0 Å². The first kappa shape index (κ1) is 15.9. The molecular formula is C19H33N3O. The van der Waals surface area contributed by atoms with Crippen LogP contribution in [-0.2, 0) is 4.79 Å². The molecule has 0 unspecified atom stereocenters. The van der Waals surface area contributed by atoms with Crippen LogP contribution in [0.25, 0.3) is 0 Å². The molecule has 1 atom stereocenters. The molecule has 0 aromatic rings. The number of nitrogens with zero attached hydrogens (tertiary/aromatic N) is 1. The van der Waals surface area contributed by atoms with Gasteiger partial charge >= 0.3 is 0 Å². The standard InChI is InChI=1S/C19H33N3O/c1-19(2,11-22-5-3-4-16(22)18(20)23)21-17-14-7-12-6-13(9-14)10-15(17)8-12/h12-17,21H,3-11H2,1-2H3,(H2,20,23)/t12?,13?,14?,15?,16-,17?/m1/s1. The molecule has 0 spiro atoms. The number of nitrogens with two attached hydrogens (primary N) is 1. The third kappa shape index (κ3) is 3.05. The molecule has 4 nitrogen and oxygen atoms in total. The summed E-state index contributed by atoms with van der Waals surface area (Å²) in [6.45, 7) is 6.58. The van der Waals surface area contributed by atoms with Crippen LogP contribution < -0.4 is 11.1 Å². The molecule has 5 rings (SSSR count). The Bertz CT molecular complexity index is 447. The molecule has 1 amide bonds. The number of hydrogen-bond donors (Lipinski definition) is 2. The molecule has 1 aliphatic heterocycles. The van der Waals surface area contributed by atoms with E-state index < -0.39 is 0 Å². The molecule has 1 heterocycles. The van der Waals surface area contributed by atoms with E-state index in [0.717, 1.165) is 49.6 Å². The van der Waals surface area contributed by atoms with Gasteiger partial charge in [0, 0.05) is 18.1 Å². The van der Waals surface area contributed by atoms with E-state index in [9.17, 15) is 4.79 Å². The Labute approximate surface area is 140 Å². The van der Waals surface area contributed by atoms with E-state index in [1.54, 1.807) is 0 Å². The van der Waals surface area contributed by atoms with E-state index in [-0.39, 0.29) is 17.5 Å². The normalized spacial score (nSPS) is 43.2. The first-order valence-electron chi connectivity index (χ1n) is 9.72. The smallest absolute Gasteiger partial charge is 0.234 e. The Morgan fingerprint density at radius 3 is 2.30 bits per heavy atom. The van der Waals surface area contributed by atoms with Crippen LogP contribution in [-0.4, -0.2) is 41.5 Å². The van der Waals surface area contributed by atoms with Crippen molar-refractivity contribution in [1.82, 2.24) is 10.2 Å². The van der Waals surface area contributed by atoms with Crippen molar-refractivity contribution in [3.8, 4) is 0 Å². The summed E-state index contributed by atoms with van der Waals surface area (Å²) in [6, 6.07) is 0.655. The highest BCUT2D eigenvalue weighted by Gasteiger charge is 2.49. The van der Waals surface area contributed by atoms with Gasteiger partial charge in [0.15, 0.2) is 0 Å². The maximum atomic E-state index is 11.6. The molecule has 0 radical (unpaired) electrons. The highest BCUT2D eigenvalue weighted by molar-refractivity contribution is 5.80. The van der Waals surface area contributed by atoms with Crippen LogP contribution in [0.4, 0.5) is 0 Å². The predicted molar refractivity (Wildman–Crippen MR) is 91.8 cm³/mol. The molecule has 4 bridgehead atoms. The maximum absolute atomic E-state index is 11.6. The topological polar surface area (TPSA) is 58.4 Å². The Morgan fingerprint density at radius 1 is 1.13 bits per heavy atom. The highest BCUT2D eigenvalue weighted by atomic mass is 16.1. The monoisotopic (exact) mass is 319 g/mol. The molecule has 4 heteroatoms. The second-order valence-electron chi connectivity index (χ2n) is 9.52. The number of nitrogens with one attached hydrogen (secondary N) is 1. The zero-order valence-corrected chi connectivity index (χ0v) is 14.8. The molecular weight excluding hydrogens is 286 g/mol. The zero-order chi connectivity index (χ0) is 16.2. The van der Waals surface area contributed by atoms with Gasteiger partial charge in [-0.3, -0.25) is 9.69 Å². The summed E-state index contributed by atoms with van der Waals surface area (Å²) in [5.41, 5.74) is 5.64. The van der Waals surface area contributed by atoms with Gasteiger partial charge in [0.1, 0.15) is 0 Å². The van der Waals surface area contributed by atoms with Crippen molar-refractivity contribution in [3.05, 3.63) is 0 Å². The van der Waals surface area contributed by atoms with Crippen LogP contribution in [0.3, 0.4) is 0 Å². The van der Waals surface area contributed by atoms with E-state index in [1.807, 2.05) is 0 Å². The van der Waals surface area contributed by atoms with Gasteiger partial charge < -0.3 is 11.1 Å². The molecule has 5 fully saturated rings. The Balaban J connectivity index is 1.40. The lowest BCUT2D eigenvalue weighted by Crippen LogP contribution is -2.62. The van der Waals surface area contributed by atoms with Crippen LogP contribution in [0.2, 0.25) is 0 Å². The van der Waals surface area contributed by atoms with Gasteiger partial charge in [-0.05, 0) is 89.0 Å². The van der Waals surface area contributed by atoms with E-state index in [1.165, 1.54) is 32.1 Å². The summed E-state index contributed by atoms with van der Waals surface area (Å²) < 4.78 is 0. The van der Waals surface area contributed by atoms with Crippen LogP contribution in [0, 0.1) is 23.7 Å². The van der Waals surface area contributed by atoms with Crippen molar-refractivity contribution < 1.29 is 4.79 Å². The molecule has 4 aliphatic carbocycles. The van der Waals surface area contributed by atoms with Crippen LogP contribution >= 0.6 is 0 Å². The number of amides is 1. The van der Waals surface area contributed by atoms with Crippen LogP contribution in [0.5, 0.6) is 0 Å². The quantitative estimate of drug-likeness (QED) is 0.816. The van der Waals surface area contributed by atoms with Crippen molar-refractivity contribution >= 4 is 5.91 Å². The lowest BCUT2D eigenvalue weighted by atomic mass is 9.54. The molecule has 0 aromatic carbocycles. The van der Waals surface area contributed by atoms with Gasteiger partial charge in [-0.2, -0.15) is 0 Å². The van der Waals surface area contributed by atoms with Gasteiger partial charge in [0.25, 0.3) is 0 Å². The minimum Gasteiger partial charge on any atom is -0.368 e.